The van der Waals surface area contributed by atoms with Gasteiger partial charge in [-0.2, -0.15) is 0 Å². The lowest BCUT2D eigenvalue weighted by Crippen LogP contribution is -2.24. The van der Waals surface area contributed by atoms with E-state index < -0.39 is 0 Å². The zero-order chi connectivity index (χ0) is 11.9. The summed E-state index contributed by atoms with van der Waals surface area (Å²) in [4.78, 5) is 7.08. The molecule has 1 N–H and O–H groups in total. The van der Waals surface area contributed by atoms with Crippen LogP contribution in [0.1, 0.15) is 36.9 Å². The second-order valence-electron chi connectivity index (χ2n) is 4.88. The van der Waals surface area contributed by atoms with E-state index in [4.69, 9.17) is 0 Å². The molecule has 1 aromatic rings. The molecule has 3 nitrogen and oxygen atoms in total. The fourth-order valence-electron chi connectivity index (χ4n) is 2.38. The Morgan fingerprint density at radius 2 is 1.94 bits per heavy atom. The molecule has 0 aliphatic carbocycles. The third-order valence-electron chi connectivity index (χ3n) is 3.35. The van der Waals surface area contributed by atoms with Gasteiger partial charge in [0.2, 0.25) is 0 Å². The van der Waals surface area contributed by atoms with Crippen LogP contribution in [0.2, 0.25) is 0 Å². The number of aromatic nitrogens is 1. The zero-order valence-corrected chi connectivity index (χ0v) is 10.8. The van der Waals surface area contributed by atoms with E-state index in [0.717, 1.165) is 13.1 Å². The molecule has 0 aromatic carbocycles. The van der Waals surface area contributed by atoms with Gasteiger partial charge in [0.1, 0.15) is 0 Å². The van der Waals surface area contributed by atoms with Gasteiger partial charge in [-0.1, -0.05) is 18.9 Å². The fraction of sp³-hybridized carbons (Fsp3) is 0.643. The number of hydrogen-bond donors (Lipinski definition) is 1. The Bertz CT molecular complexity index is 313. The maximum atomic E-state index is 4.54. The highest BCUT2D eigenvalue weighted by molar-refractivity contribution is 5.13. The molecule has 2 heterocycles. The second-order valence-corrected chi connectivity index (χ2v) is 4.88. The number of pyridine rings is 1. The third kappa shape index (κ3) is 4.10. The highest BCUT2D eigenvalue weighted by atomic mass is 15.1. The molecule has 0 saturated carbocycles. The predicted octanol–water partition coefficient (Wildman–Crippen LogP) is 2.18. The number of likely N-dealkylation sites (tertiary alicyclic amines) is 1. The van der Waals surface area contributed by atoms with E-state index in [1.54, 1.807) is 0 Å². The molecule has 1 aromatic heterocycles. The van der Waals surface area contributed by atoms with Gasteiger partial charge in [-0.3, -0.25) is 9.88 Å². The number of nitrogens with zero attached hydrogens (tertiary/aromatic N) is 2. The summed E-state index contributed by atoms with van der Waals surface area (Å²) in [5, 5.41) is 3.14. The predicted molar refractivity (Wildman–Crippen MR) is 70.7 cm³/mol. The molecule has 0 amide bonds. The smallest absolute Gasteiger partial charge is 0.0544 e. The number of hydrogen-bond acceptors (Lipinski definition) is 3. The van der Waals surface area contributed by atoms with Gasteiger partial charge in [-0.25, -0.2) is 0 Å². The van der Waals surface area contributed by atoms with Crippen molar-refractivity contribution < 1.29 is 0 Å². The highest BCUT2D eigenvalue weighted by Gasteiger charge is 2.09. The summed E-state index contributed by atoms with van der Waals surface area (Å²) >= 11 is 0. The van der Waals surface area contributed by atoms with Gasteiger partial charge in [0.25, 0.3) is 0 Å². The van der Waals surface area contributed by atoms with Crippen LogP contribution in [0, 0.1) is 0 Å². The van der Waals surface area contributed by atoms with Gasteiger partial charge in [0.15, 0.2) is 0 Å². The normalized spacial score (nSPS) is 17.9. The van der Waals surface area contributed by atoms with Crippen LogP contribution < -0.4 is 5.32 Å². The lowest BCUT2D eigenvalue weighted by molar-refractivity contribution is 0.273. The Morgan fingerprint density at radius 3 is 2.53 bits per heavy atom. The molecule has 1 saturated heterocycles. The molecule has 0 bridgehead atoms. The van der Waals surface area contributed by atoms with Crippen molar-refractivity contribution in [3.8, 4) is 0 Å². The van der Waals surface area contributed by atoms with Crippen molar-refractivity contribution in [2.75, 3.05) is 20.1 Å². The van der Waals surface area contributed by atoms with Gasteiger partial charge in [-0.05, 0) is 44.6 Å². The van der Waals surface area contributed by atoms with Crippen molar-refractivity contribution in [3.63, 3.8) is 0 Å². The lowest BCUT2D eigenvalue weighted by atomic mass is 10.2. The quantitative estimate of drug-likeness (QED) is 0.864. The molecular formula is C14H23N3. The monoisotopic (exact) mass is 233 g/mol. The standard InChI is InChI=1S/C14H23N3/c1-15-10-13-6-7-14(16-11-13)12-17-8-4-2-3-5-9-17/h6-7,11,15H,2-5,8-10,12H2,1H3. The molecule has 2 rings (SSSR count). The van der Waals surface area contributed by atoms with Crippen molar-refractivity contribution in [2.24, 2.45) is 0 Å². The lowest BCUT2D eigenvalue weighted by Gasteiger charge is -2.19. The van der Waals surface area contributed by atoms with Crippen LogP contribution in [0.4, 0.5) is 0 Å². The van der Waals surface area contributed by atoms with Crippen LogP contribution in [0.5, 0.6) is 0 Å². The van der Waals surface area contributed by atoms with Gasteiger partial charge in [-0.15, -0.1) is 0 Å². The summed E-state index contributed by atoms with van der Waals surface area (Å²) in [6.45, 7) is 4.39. The Kier molecular flexibility index (Phi) is 4.95. The molecule has 0 spiro atoms. The summed E-state index contributed by atoms with van der Waals surface area (Å²) in [6, 6.07) is 4.34. The molecule has 1 aliphatic heterocycles. The molecule has 94 valence electrons. The minimum absolute atomic E-state index is 0.900. The molecule has 1 aliphatic rings. The van der Waals surface area contributed by atoms with Crippen LogP contribution >= 0.6 is 0 Å². The number of nitrogens with one attached hydrogen (secondary N) is 1. The summed E-state index contributed by atoms with van der Waals surface area (Å²) < 4.78 is 0. The van der Waals surface area contributed by atoms with E-state index in [-0.39, 0.29) is 0 Å². The van der Waals surface area contributed by atoms with Crippen LogP contribution in [0.3, 0.4) is 0 Å². The first-order valence-corrected chi connectivity index (χ1v) is 6.69. The highest BCUT2D eigenvalue weighted by Crippen LogP contribution is 2.12. The first kappa shape index (κ1) is 12.5. The van der Waals surface area contributed by atoms with Crippen molar-refractivity contribution >= 4 is 0 Å². The van der Waals surface area contributed by atoms with Crippen molar-refractivity contribution in [2.45, 2.75) is 38.8 Å². The molecule has 1 fully saturated rings. The minimum atomic E-state index is 0.900. The van der Waals surface area contributed by atoms with E-state index in [1.165, 1.54) is 50.0 Å². The summed E-state index contributed by atoms with van der Waals surface area (Å²) in [5.41, 5.74) is 2.46. The SMILES string of the molecule is CNCc1ccc(CN2CCCCCC2)nc1. The Balaban J connectivity index is 1.88. The average Bonchev–Trinajstić information content (AvgIpc) is 2.61. The van der Waals surface area contributed by atoms with Gasteiger partial charge >= 0.3 is 0 Å². The zero-order valence-electron chi connectivity index (χ0n) is 10.8. The van der Waals surface area contributed by atoms with E-state index >= 15 is 0 Å². The first-order valence-electron chi connectivity index (χ1n) is 6.69. The Labute approximate surface area is 104 Å². The molecule has 0 unspecified atom stereocenters. The molecule has 0 atom stereocenters. The Morgan fingerprint density at radius 1 is 1.18 bits per heavy atom. The van der Waals surface area contributed by atoms with Crippen molar-refractivity contribution in [1.29, 1.82) is 0 Å². The van der Waals surface area contributed by atoms with Gasteiger partial charge in [0.05, 0.1) is 5.69 Å². The van der Waals surface area contributed by atoms with E-state index in [0.29, 0.717) is 0 Å². The van der Waals surface area contributed by atoms with Crippen LogP contribution in [-0.4, -0.2) is 30.0 Å². The van der Waals surface area contributed by atoms with E-state index in [1.807, 2.05) is 13.2 Å². The Hall–Kier alpha value is -0.930. The number of rotatable bonds is 4. The van der Waals surface area contributed by atoms with Crippen molar-refractivity contribution in [1.82, 2.24) is 15.2 Å². The summed E-state index contributed by atoms with van der Waals surface area (Å²) in [5.74, 6) is 0. The fourth-order valence-corrected chi connectivity index (χ4v) is 2.38. The summed E-state index contributed by atoms with van der Waals surface area (Å²) in [7, 11) is 1.96. The molecule has 17 heavy (non-hydrogen) atoms. The first-order chi connectivity index (χ1) is 8.38. The van der Waals surface area contributed by atoms with Crippen LogP contribution in [-0.2, 0) is 13.1 Å². The largest absolute Gasteiger partial charge is 0.316 e. The van der Waals surface area contributed by atoms with Gasteiger partial charge < -0.3 is 5.32 Å². The van der Waals surface area contributed by atoms with Crippen molar-refractivity contribution in [3.05, 3.63) is 29.6 Å². The topological polar surface area (TPSA) is 28.2 Å². The average molecular weight is 233 g/mol. The molecular weight excluding hydrogens is 210 g/mol. The van der Waals surface area contributed by atoms with Crippen LogP contribution in [0.25, 0.3) is 0 Å². The maximum absolute atomic E-state index is 4.54. The third-order valence-corrected chi connectivity index (χ3v) is 3.35. The van der Waals surface area contributed by atoms with Gasteiger partial charge in [0, 0.05) is 19.3 Å². The summed E-state index contributed by atoms with van der Waals surface area (Å²) in [6.07, 6.45) is 7.47. The molecule has 3 heteroatoms. The van der Waals surface area contributed by atoms with E-state index in [9.17, 15) is 0 Å². The molecule has 0 radical (unpaired) electrons. The van der Waals surface area contributed by atoms with Crippen LogP contribution in [0.15, 0.2) is 18.3 Å². The van der Waals surface area contributed by atoms with E-state index in [2.05, 4.69) is 27.3 Å². The maximum Gasteiger partial charge on any atom is 0.0544 e. The second kappa shape index (κ2) is 6.72. The minimum Gasteiger partial charge on any atom is -0.316 e.